The van der Waals surface area contributed by atoms with Crippen LogP contribution >= 0.6 is 11.3 Å². The second-order valence-electron chi connectivity index (χ2n) is 5.27. The molecule has 0 bridgehead atoms. The lowest BCUT2D eigenvalue weighted by molar-refractivity contribution is -0.153. The third kappa shape index (κ3) is 6.66. The van der Waals surface area contributed by atoms with Crippen molar-refractivity contribution in [3.05, 3.63) is 41.2 Å². The van der Waals surface area contributed by atoms with Gasteiger partial charge in [-0.25, -0.2) is 14.2 Å². The number of methoxy groups -OCH3 is 1. The van der Waals surface area contributed by atoms with Crippen LogP contribution in [0.2, 0.25) is 0 Å². The van der Waals surface area contributed by atoms with Gasteiger partial charge in [-0.3, -0.25) is 14.9 Å². The van der Waals surface area contributed by atoms with Crippen LogP contribution in [0.15, 0.2) is 29.6 Å². The highest BCUT2D eigenvalue weighted by molar-refractivity contribution is 7.13. The molecule has 0 fully saturated rings. The lowest BCUT2D eigenvalue weighted by Crippen LogP contribution is -2.29. The lowest BCUT2D eigenvalue weighted by Gasteiger charge is -2.13. The van der Waals surface area contributed by atoms with Crippen molar-refractivity contribution < 1.29 is 33.0 Å². The number of halogens is 1. The zero-order valence-electron chi connectivity index (χ0n) is 14.6. The van der Waals surface area contributed by atoms with Gasteiger partial charge in [-0.05, 0) is 31.2 Å². The summed E-state index contributed by atoms with van der Waals surface area (Å²) in [4.78, 5) is 38.9. The van der Waals surface area contributed by atoms with Crippen LogP contribution in [0.5, 0.6) is 5.75 Å². The van der Waals surface area contributed by atoms with Gasteiger partial charge >= 0.3 is 11.9 Å². The quantitative estimate of drug-likeness (QED) is 0.680. The molecule has 1 amide bonds. The predicted molar refractivity (Wildman–Crippen MR) is 93.9 cm³/mol. The lowest BCUT2D eigenvalue weighted by atomic mass is 10.3. The van der Waals surface area contributed by atoms with Crippen molar-refractivity contribution in [3.63, 3.8) is 0 Å². The molecule has 2 rings (SSSR count). The SMILES string of the molecule is COC(=O)Cc1csc(NC(=O)COC(=O)[C@@H](C)Oc2ccc(F)cc2)n1. The van der Waals surface area contributed by atoms with E-state index in [2.05, 4.69) is 15.0 Å². The van der Waals surface area contributed by atoms with E-state index in [0.29, 0.717) is 11.4 Å². The van der Waals surface area contributed by atoms with Crippen LogP contribution in [0.3, 0.4) is 0 Å². The Bertz CT molecular complexity index is 808. The van der Waals surface area contributed by atoms with Crippen LogP contribution in [-0.2, 0) is 30.3 Å². The molecule has 8 nitrogen and oxygen atoms in total. The Morgan fingerprint density at radius 2 is 1.96 bits per heavy atom. The van der Waals surface area contributed by atoms with Gasteiger partial charge < -0.3 is 14.2 Å². The summed E-state index contributed by atoms with van der Waals surface area (Å²) in [7, 11) is 1.27. The fraction of sp³-hybridized carbons (Fsp3) is 0.294. The molecule has 27 heavy (non-hydrogen) atoms. The van der Waals surface area contributed by atoms with Crippen LogP contribution in [-0.4, -0.2) is 42.7 Å². The number of nitrogens with one attached hydrogen (secondary N) is 1. The summed E-state index contributed by atoms with van der Waals surface area (Å²) in [5.41, 5.74) is 0.459. The number of hydrogen-bond acceptors (Lipinski definition) is 8. The number of hydrogen-bond donors (Lipinski definition) is 1. The molecule has 0 unspecified atom stereocenters. The van der Waals surface area contributed by atoms with Gasteiger partial charge in [0.15, 0.2) is 17.8 Å². The number of benzene rings is 1. The Labute approximate surface area is 158 Å². The molecule has 1 N–H and O–H groups in total. The van der Waals surface area contributed by atoms with Crippen LogP contribution < -0.4 is 10.1 Å². The van der Waals surface area contributed by atoms with E-state index in [4.69, 9.17) is 9.47 Å². The Morgan fingerprint density at radius 1 is 1.26 bits per heavy atom. The number of anilines is 1. The largest absolute Gasteiger partial charge is 0.479 e. The number of amides is 1. The van der Waals surface area contributed by atoms with E-state index in [1.54, 1.807) is 5.38 Å². The van der Waals surface area contributed by atoms with Crippen LogP contribution in [0.25, 0.3) is 0 Å². The monoisotopic (exact) mass is 396 g/mol. The van der Waals surface area contributed by atoms with Crippen LogP contribution in [0.1, 0.15) is 12.6 Å². The number of rotatable bonds is 8. The highest BCUT2D eigenvalue weighted by atomic mass is 32.1. The maximum Gasteiger partial charge on any atom is 0.347 e. The van der Waals surface area contributed by atoms with Gasteiger partial charge in [-0.1, -0.05) is 0 Å². The highest BCUT2D eigenvalue weighted by Gasteiger charge is 2.18. The van der Waals surface area contributed by atoms with E-state index in [1.807, 2.05) is 0 Å². The zero-order chi connectivity index (χ0) is 19.8. The van der Waals surface area contributed by atoms with E-state index in [0.717, 1.165) is 11.3 Å². The summed E-state index contributed by atoms with van der Waals surface area (Å²) in [5.74, 6) is -1.91. The van der Waals surface area contributed by atoms with E-state index in [-0.39, 0.29) is 11.6 Å². The Morgan fingerprint density at radius 3 is 2.63 bits per heavy atom. The summed E-state index contributed by atoms with van der Waals surface area (Å²) in [5, 5.41) is 4.34. The molecule has 0 spiro atoms. The first-order valence-corrected chi connectivity index (χ1v) is 8.65. The number of nitrogens with zero attached hydrogens (tertiary/aromatic N) is 1. The van der Waals surface area contributed by atoms with Gasteiger partial charge in [0.2, 0.25) is 0 Å². The summed E-state index contributed by atoms with van der Waals surface area (Å²) < 4.78 is 27.5. The molecule has 1 heterocycles. The molecule has 10 heteroatoms. The van der Waals surface area contributed by atoms with E-state index >= 15 is 0 Å². The van der Waals surface area contributed by atoms with Gasteiger partial charge in [0.1, 0.15) is 11.6 Å². The average molecular weight is 396 g/mol. The number of carbonyl (C=O) groups is 3. The molecule has 0 radical (unpaired) electrons. The Kier molecular flexibility index (Phi) is 7.24. The highest BCUT2D eigenvalue weighted by Crippen LogP contribution is 2.16. The topological polar surface area (TPSA) is 104 Å². The second-order valence-corrected chi connectivity index (χ2v) is 6.12. The van der Waals surface area contributed by atoms with E-state index in [1.165, 1.54) is 38.3 Å². The zero-order valence-corrected chi connectivity index (χ0v) is 15.4. The van der Waals surface area contributed by atoms with Gasteiger partial charge in [-0.15, -0.1) is 11.3 Å². The third-order valence-electron chi connectivity index (χ3n) is 3.16. The minimum Gasteiger partial charge on any atom is -0.479 e. The minimum absolute atomic E-state index is 0.00387. The number of aromatic nitrogens is 1. The number of thiazole rings is 1. The van der Waals surface area contributed by atoms with Gasteiger partial charge in [-0.2, -0.15) is 0 Å². The van der Waals surface area contributed by atoms with Crippen molar-refractivity contribution in [2.75, 3.05) is 19.0 Å². The Balaban J connectivity index is 1.76. The third-order valence-corrected chi connectivity index (χ3v) is 3.96. The number of ether oxygens (including phenoxy) is 3. The maximum absolute atomic E-state index is 12.8. The predicted octanol–water partition coefficient (Wildman–Crippen LogP) is 1.95. The molecule has 0 saturated heterocycles. The van der Waals surface area contributed by atoms with Crippen molar-refractivity contribution in [2.24, 2.45) is 0 Å². The molecule has 1 aromatic heterocycles. The number of esters is 2. The number of carbonyl (C=O) groups excluding carboxylic acids is 3. The molecule has 144 valence electrons. The standard InChI is InChI=1S/C17H17FN2O6S/c1-10(26-13-5-3-11(18)4-6-13)16(23)25-8-14(21)20-17-19-12(9-27-17)7-15(22)24-2/h3-6,9-10H,7-8H2,1-2H3,(H,19,20,21)/t10-/m1/s1. The first-order chi connectivity index (χ1) is 12.9. The Hall–Kier alpha value is -3.01. The smallest absolute Gasteiger partial charge is 0.347 e. The molecular weight excluding hydrogens is 379 g/mol. The summed E-state index contributed by atoms with van der Waals surface area (Å²) >= 11 is 1.13. The van der Waals surface area contributed by atoms with Crippen LogP contribution in [0, 0.1) is 5.82 Å². The van der Waals surface area contributed by atoms with E-state index in [9.17, 15) is 18.8 Å². The van der Waals surface area contributed by atoms with Crippen molar-refractivity contribution in [2.45, 2.75) is 19.4 Å². The molecule has 1 atom stereocenters. The first-order valence-electron chi connectivity index (χ1n) is 7.77. The molecule has 0 aliphatic carbocycles. The van der Waals surface area contributed by atoms with Gasteiger partial charge in [0.25, 0.3) is 5.91 Å². The molecular formula is C17H17FN2O6S. The van der Waals surface area contributed by atoms with Crippen molar-refractivity contribution in [3.8, 4) is 5.75 Å². The van der Waals surface area contributed by atoms with Gasteiger partial charge in [0.05, 0.1) is 19.2 Å². The summed E-state index contributed by atoms with van der Waals surface area (Å²) in [6.07, 6.45) is -0.981. The fourth-order valence-electron chi connectivity index (χ4n) is 1.84. The van der Waals surface area contributed by atoms with Crippen molar-refractivity contribution in [1.29, 1.82) is 0 Å². The van der Waals surface area contributed by atoms with E-state index < -0.39 is 36.4 Å². The summed E-state index contributed by atoms with van der Waals surface area (Å²) in [6, 6.07) is 5.15. The normalized spacial score (nSPS) is 11.4. The molecule has 0 aliphatic rings. The van der Waals surface area contributed by atoms with Crippen LogP contribution in [0.4, 0.5) is 9.52 Å². The minimum atomic E-state index is -0.977. The molecule has 2 aromatic rings. The fourth-order valence-corrected chi connectivity index (χ4v) is 2.57. The van der Waals surface area contributed by atoms with Gasteiger partial charge in [0, 0.05) is 5.38 Å². The molecule has 0 saturated carbocycles. The first kappa shape index (κ1) is 20.3. The van der Waals surface area contributed by atoms with Crippen molar-refractivity contribution in [1.82, 2.24) is 4.98 Å². The second kappa shape index (κ2) is 9.62. The average Bonchev–Trinajstić information content (AvgIpc) is 3.08. The van der Waals surface area contributed by atoms with Crippen molar-refractivity contribution >= 4 is 34.3 Å². The summed E-state index contributed by atoms with van der Waals surface area (Å²) in [6.45, 7) is 0.922. The molecule has 0 aliphatic heterocycles. The molecule has 1 aromatic carbocycles. The maximum atomic E-state index is 12.8.